The third-order valence-electron chi connectivity index (χ3n) is 3.61. The summed E-state index contributed by atoms with van der Waals surface area (Å²) in [4.78, 5) is 4.19. The lowest BCUT2D eigenvalue weighted by molar-refractivity contribution is 1.28. The molecule has 0 N–H and O–H groups in total. The molecule has 2 aromatic carbocycles. The summed E-state index contributed by atoms with van der Waals surface area (Å²) in [5.74, 6) is 0. The van der Waals surface area contributed by atoms with Gasteiger partial charge >= 0.3 is 0 Å². The molecular weight excluding hydrogens is 206 g/mol. The molecule has 1 aliphatic carbocycles. The van der Waals surface area contributed by atoms with E-state index >= 15 is 0 Å². The number of rotatable bonds is 0. The monoisotopic (exact) mass is 217 g/mol. The summed E-state index contributed by atoms with van der Waals surface area (Å²) >= 11 is 0. The molecule has 0 aliphatic heterocycles. The topological polar surface area (TPSA) is 12.9 Å². The van der Waals surface area contributed by atoms with Gasteiger partial charge in [0.25, 0.3) is 0 Å². The van der Waals surface area contributed by atoms with E-state index in [9.17, 15) is 0 Å². The molecule has 0 bridgehead atoms. The molecule has 1 heterocycles. The van der Waals surface area contributed by atoms with Crippen LogP contribution in [0.25, 0.3) is 21.9 Å². The first-order valence-electron chi connectivity index (χ1n) is 5.87. The fourth-order valence-electron chi connectivity index (χ4n) is 2.80. The van der Waals surface area contributed by atoms with Crippen LogP contribution in [0.4, 0.5) is 0 Å². The fourth-order valence-corrected chi connectivity index (χ4v) is 2.80. The van der Waals surface area contributed by atoms with Gasteiger partial charge in [-0.25, -0.2) is 0 Å². The molecule has 1 aliphatic rings. The number of hydrogen-bond donors (Lipinski definition) is 0. The molecule has 17 heavy (non-hydrogen) atoms. The van der Waals surface area contributed by atoms with Crippen LogP contribution in [0.3, 0.4) is 0 Å². The van der Waals surface area contributed by atoms with Crippen molar-refractivity contribution in [2.24, 2.45) is 0 Å². The van der Waals surface area contributed by atoms with Crippen LogP contribution < -0.4 is 0 Å². The molecule has 3 aromatic rings. The molecule has 80 valence electrons. The van der Waals surface area contributed by atoms with Gasteiger partial charge in [0.15, 0.2) is 0 Å². The average molecular weight is 217 g/mol. The fraction of sp³-hybridized carbons (Fsp3) is 0.0625. The lowest BCUT2D eigenvalue weighted by Crippen LogP contribution is -1.84. The molecule has 1 heteroatoms. The first kappa shape index (κ1) is 8.94. The Kier molecular flexibility index (Phi) is 1.67. The van der Waals surface area contributed by atoms with Crippen LogP contribution in [0.15, 0.2) is 54.9 Å². The zero-order valence-electron chi connectivity index (χ0n) is 9.35. The van der Waals surface area contributed by atoms with E-state index in [2.05, 4.69) is 47.4 Å². The van der Waals surface area contributed by atoms with Gasteiger partial charge in [0, 0.05) is 17.8 Å². The number of benzene rings is 2. The Bertz CT molecular complexity index is 728. The molecule has 0 saturated heterocycles. The Hall–Kier alpha value is -2.15. The van der Waals surface area contributed by atoms with Gasteiger partial charge in [-0.05, 0) is 40.1 Å². The predicted octanol–water partition coefficient (Wildman–Crippen LogP) is 3.81. The van der Waals surface area contributed by atoms with Crippen molar-refractivity contribution >= 4 is 10.8 Å². The van der Waals surface area contributed by atoms with Gasteiger partial charge in [0.05, 0.1) is 0 Å². The van der Waals surface area contributed by atoms with Crippen molar-refractivity contribution in [1.29, 1.82) is 0 Å². The minimum absolute atomic E-state index is 1.05. The molecule has 1 aromatic heterocycles. The van der Waals surface area contributed by atoms with E-state index in [0.29, 0.717) is 0 Å². The first-order valence-corrected chi connectivity index (χ1v) is 5.87. The van der Waals surface area contributed by atoms with Crippen molar-refractivity contribution in [3.63, 3.8) is 0 Å². The number of hydrogen-bond acceptors (Lipinski definition) is 1. The summed E-state index contributed by atoms with van der Waals surface area (Å²) in [5, 5.41) is 2.58. The van der Waals surface area contributed by atoms with Crippen LogP contribution in [-0.4, -0.2) is 4.98 Å². The van der Waals surface area contributed by atoms with E-state index in [0.717, 1.165) is 6.42 Å². The third kappa shape index (κ3) is 1.17. The summed E-state index contributed by atoms with van der Waals surface area (Å²) in [6.07, 6.45) is 4.87. The highest BCUT2D eigenvalue weighted by Gasteiger charge is 2.19. The van der Waals surface area contributed by atoms with E-state index < -0.39 is 0 Å². The van der Waals surface area contributed by atoms with Crippen molar-refractivity contribution in [3.8, 4) is 11.1 Å². The minimum atomic E-state index is 1.05. The third-order valence-corrected chi connectivity index (χ3v) is 3.61. The number of aromatic nitrogens is 1. The Morgan fingerprint density at radius 1 is 0.882 bits per heavy atom. The second kappa shape index (κ2) is 3.17. The lowest BCUT2D eigenvalue weighted by Gasteiger charge is -2.04. The van der Waals surface area contributed by atoms with Crippen LogP contribution >= 0.6 is 0 Å². The van der Waals surface area contributed by atoms with Crippen molar-refractivity contribution < 1.29 is 0 Å². The highest BCUT2D eigenvalue weighted by Crippen LogP contribution is 2.39. The van der Waals surface area contributed by atoms with Crippen molar-refractivity contribution in [2.45, 2.75) is 6.42 Å². The van der Waals surface area contributed by atoms with Crippen LogP contribution in [0.5, 0.6) is 0 Å². The van der Waals surface area contributed by atoms with Gasteiger partial charge in [-0.15, -0.1) is 0 Å². The van der Waals surface area contributed by atoms with Crippen LogP contribution in [0, 0.1) is 0 Å². The number of fused-ring (bicyclic) bond motifs is 5. The van der Waals surface area contributed by atoms with E-state index in [1.54, 1.807) is 0 Å². The summed E-state index contributed by atoms with van der Waals surface area (Å²) in [5.41, 5.74) is 5.67. The summed E-state index contributed by atoms with van der Waals surface area (Å²) in [7, 11) is 0. The van der Waals surface area contributed by atoms with E-state index in [4.69, 9.17) is 0 Å². The standard InChI is InChI=1S/C16H11N/c1-2-4-13-11(3-1)9-16-14-7-8-17-10-12(14)5-6-15(13)16/h1-8,10H,9H2. The first-order chi connectivity index (χ1) is 8.43. The van der Waals surface area contributed by atoms with Gasteiger partial charge in [-0.1, -0.05) is 36.4 Å². The molecule has 0 atom stereocenters. The van der Waals surface area contributed by atoms with Crippen LogP contribution in [-0.2, 0) is 6.42 Å². The second-order valence-corrected chi connectivity index (χ2v) is 4.52. The molecule has 0 fully saturated rings. The van der Waals surface area contributed by atoms with E-state index in [-0.39, 0.29) is 0 Å². The van der Waals surface area contributed by atoms with Gasteiger partial charge < -0.3 is 0 Å². The number of nitrogens with zero attached hydrogens (tertiary/aromatic N) is 1. The quantitative estimate of drug-likeness (QED) is 0.436. The van der Waals surface area contributed by atoms with Crippen molar-refractivity contribution in [2.75, 3.05) is 0 Å². The Balaban J connectivity index is 2.11. The Morgan fingerprint density at radius 2 is 1.82 bits per heavy atom. The summed E-state index contributed by atoms with van der Waals surface area (Å²) in [6.45, 7) is 0. The lowest BCUT2D eigenvalue weighted by atomic mass is 10.0. The molecule has 0 unspecified atom stereocenters. The maximum absolute atomic E-state index is 4.19. The maximum Gasteiger partial charge on any atom is 0.0346 e. The molecule has 0 radical (unpaired) electrons. The normalized spacial score (nSPS) is 12.5. The predicted molar refractivity (Wildman–Crippen MR) is 70.0 cm³/mol. The SMILES string of the molecule is c1ccc2c(c1)Cc1c-2ccc2cnccc12. The number of pyridine rings is 1. The van der Waals surface area contributed by atoms with Gasteiger partial charge in [0.1, 0.15) is 0 Å². The molecule has 1 nitrogen and oxygen atoms in total. The largest absolute Gasteiger partial charge is 0.264 e. The highest BCUT2D eigenvalue weighted by molar-refractivity contribution is 5.94. The van der Waals surface area contributed by atoms with Crippen molar-refractivity contribution in [1.82, 2.24) is 4.98 Å². The van der Waals surface area contributed by atoms with E-state index in [1.807, 2.05) is 12.4 Å². The Labute approximate surface area is 99.7 Å². The second-order valence-electron chi connectivity index (χ2n) is 4.52. The highest BCUT2D eigenvalue weighted by atomic mass is 14.6. The molecule has 0 saturated carbocycles. The van der Waals surface area contributed by atoms with Crippen LogP contribution in [0.2, 0.25) is 0 Å². The molecule has 0 spiro atoms. The smallest absolute Gasteiger partial charge is 0.0346 e. The van der Waals surface area contributed by atoms with Gasteiger partial charge in [0.2, 0.25) is 0 Å². The zero-order chi connectivity index (χ0) is 11.2. The molecule has 0 amide bonds. The zero-order valence-corrected chi connectivity index (χ0v) is 9.35. The van der Waals surface area contributed by atoms with E-state index in [1.165, 1.54) is 33.0 Å². The summed E-state index contributed by atoms with van der Waals surface area (Å²) < 4.78 is 0. The average Bonchev–Trinajstić information content (AvgIpc) is 2.78. The Morgan fingerprint density at radius 3 is 2.82 bits per heavy atom. The van der Waals surface area contributed by atoms with Crippen molar-refractivity contribution in [3.05, 3.63) is 66.0 Å². The summed E-state index contributed by atoms with van der Waals surface area (Å²) in [6, 6.07) is 15.2. The van der Waals surface area contributed by atoms with Crippen LogP contribution in [0.1, 0.15) is 11.1 Å². The molecular formula is C16H11N. The van der Waals surface area contributed by atoms with Gasteiger partial charge in [-0.3, -0.25) is 4.98 Å². The minimum Gasteiger partial charge on any atom is -0.264 e. The van der Waals surface area contributed by atoms with Gasteiger partial charge in [-0.2, -0.15) is 0 Å². The molecule has 4 rings (SSSR count). The maximum atomic E-state index is 4.19.